The molecule has 5 aliphatic rings. The third kappa shape index (κ3) is 1.38. The van der Waals surface area contributed by atoms with Gasteiger partial charge in [-0.3, -0.25) is 14.5 Å². The summed E-state index contributed by atoms with van der Waals surface area (Å²) in [6, 6.07) is 0.478. The van der Waals surface area contributed by atoms with Gasteiger partial charge in [-0.2, -0.15) is 0 Å². The Hall–Kier alpha value is -1.22. The highest BCUT2D eigenvalue weighted by molar-refractivity contribution is 6.08. The fourth-order valence-corrected chi connectivity index (χ4v) is 7.47. The summed E-state index contributed by atoms with van der Waals surface area (Å²) in [6.07, 6.45) is 6.13. The van der Waals surface area contributed by atoms with Crippen molar-refractivity contribution < 1.29 is 9.59 Å². The SMILES string of the molecule is C=CC1=C2C(=O)CC[C@@H]3CN4C[C@@H](C)[C@H]5C[C@@H]4[C@]3(C)[C@]2(CC1)C5=O. The van der Waals surface area contributed by atoms with Crippen LogP contribution in [-0.4, -0.2) is 35.6 Å². The first-order chi connectivity index (χ1) is 11.4. The van der Waals surface area contributed by atoms with Gasteiger partial charge < -0.3 is 0 Å². The summed E-state index contributed by atoms with van der Waals surface area (Å²) in [5, 5.41) is 0. The molecular weight excluding hydrogens is 298 g/mol. The Bertz CT molecular complexity index is 707. The van der Waals surface area contributed by atoms with Crippen molar-refractivity contribution in [1.82, 2.24) is 4.90 Å². The van der Waals surface area contributed by atoms with Gasteiger partial charge in [-0.15, -0.1) is 0 Å². The van der Waals surface area contributed by atoms with Gasteiger partial charge in [-0.25, -0.2) is 0 Å². The van der Waals surface area contributed by atoms with Crippen LogP contribution in [0.2, 0.25) is 0 Å². The van der Waals surface area contributed by atoms with Gasteiger partial charge in [-0.05, 0) is 43.1 Å². The third-order valence-corrected chi connectivity index (χ3v) is 8.56. The lowest BCUT2D eigenvalue weighted by Gasteiger charge is -2.59. The highest BCUT2D eigenvalue weighted by Gasteiger charge is 2.73. The normalized spacial score (nSPS) is 50.1. The van der Waals surface area contributed by atoms with Crippen molar-refractivity contribution in [3.63, 3.8) is 0 Å². The lowest BCUT2D eigenvalue weighted by atomic mass is 9.45. The van der Waals surface area contributed by atoms with Crippen LogP contribution in [0, 0.1) is 28.6 Å². The van der Waals surface area contributed by atoms with Gasteiger partial charge in [0.1, 0.15) is 5.78 Å². The fraction of sp³-hybridized carbons (Fsp3) is 0.714. The number of Topliss-reactive ketones (excluding diaryl/α,β-unsaturated/α-hetero) is 2. The largest absolute Gasteiger partial charge is 0.299 e. The molecule has 2 saturated heterocycles. The average molecular weight is 325 g/mol. The highest BCUT2D eigenvalue weighted by atomic mass is 16.1. The highest BCUT2D eigenvalue weighted by Crippen LogP contribution is 2.70. The molecular formula is C21H27NO2. The van der Waals surface area contributed by atoms with Crippen molar-refractivity contribution in [3.8, 4) is 0 Å². The van der Waals surface area contributed by atoms with Crippen LogP contribution in [0.1, 0.15) is 46.0 Å². The second-order valence-corrected chi connectivity index (χ2v) is 9.10. The van der Waals surface area contributed by atoms with E-state index in [1.165, 1.54) is 0 Å². The van der Waals surface area contributed by atoms with E-state index in [-0.39, 0.29) is 17.1 Å². The molecule has 0 radical (unpaired) electrons. The third-order valence-electron chi connectivity index (χ3n) is 8.56. The number of piperidine rings is 1. The van der Waals surface area contributed by atoms with E-state index in [1.54, 1.807) is 0 Å². The van der Waals surface area contributed by atoms with Crippen molar-refractivity contribution in [2.75, 3.05) is 13.1 Å². The Balaban J connectivity index is 1.83. The van der Waals surface area contributed by atoms with E-state index >= 15 is 0 Å². The average Bonchev–Trinajstić information content (AvgIpc) is 3.06. The summed E-state index contributed by atoms with van der Waals surface area (Å²) < 4.78 is 0. The van der Waals surface area contributed by atoms with Crippen LogP contribution in [-0.2, 0) is 9.59 Å². The van der Waals surface area contributed by atoms with Crippen LogP contribution in [0.15, 0.2) is 23.8 Å². The van der Waals surface area contributed by atoms with Crippen LogP contribution in [0.3, 0.4) is 0 Å². The van der Waals surface area contributed by atoms with E-state index in [0.717, 1.165) is 49.9 Å². The first-order valence-corrected chi connectivity index (χ1v) is 9.62. The van der Waals surface area contributed by atoms with Gasteiger partial charge in [-0.1, -0.05) is 26.5 Å². The van der Waals surface area contributed by atoms with E-state index in [9.17, 15) is 9.59 Å². The minimum absolute atomic E-state index is 0.0625. The standard InChI is InChI=1S/C21H27NO2/c1-4-13-7-8-21-18(13)16(23)6-5-14-11-22-10-12(2)15(19(21)24)9-17(22)20(14,21)3/h4,12,14-15,17H,1,5-11H2,2-3H3/t12-,14-,15-,17-,20-,21+/m1/s1. The minimum atomic E-state index is -0.522. The molecule has 3 aliphatic carbocycles. The van der Waals surface area contributed by atoms with Crippen LogP contribution in [0.4, 0.5) is 0 Å². The van der Waals surface area contributed by atoms with Crippen molar-refractivity contribution in [2.24, 2.45) is 28.6 Å². The number of rotatable bonds is 1. The maximum atomic E-state index is 13.9. The summed E-state index contributed by atoms with van der Waals surface area (Å²) in [7, 11) is 0. The number of carbonyl (C=O) groups is 2. The van der Waals surface area contributed by atoms with Gasteiger partial charge in [0, 0.05) is 42.5 Å². The number of ketones is 2. The van der Waals surface area contributed by atoms with E-state index in [0.29, 0.717) is 30.1 Å². The Labute approximate surface area is 144 Å². The Morgan fingerprint density at radius 2 is 2.04 bits per heavy atom. The van der Waals surface area contributed by atoms with Crippen molar-refractivity contribution >= 4 is 11.6 Å². The molecule has 0 aromatic carbocycles. The zero-order valence-electron chi connectivity index (χ0n) is 14.8. The summed E-state index contributed by atoms with van der Waals surface area (Å²) in [6.45, 7) is 10.7. The molecule has 2 aliphatic heterocycles. The molecule has 0 unspecified atom stereocenters. The zero-order chi connectivity index (χ0) is 16.9. The minimum Gasteiger partial charge on any atom is -0.299 e. The van der Waals surface area contributed by atoms with Crippen LogP contribution in [0.25, 0.3) is 0 Å². The Kier molecular flexibility index (Phi) is 2.82. The van der Waals surface area contributed by atoms with E-state index in [4.69, 9.17) is 0 Å². The quantitative estimate of drug-likeness (QED) is 0.743. The maximum absolute atomic E-state index is 13.9. The van der Waals surface area contributed by atoms with Gasteiger partial charge in [0.2, 0.25) is 0 Å². The summed E-state index contributed by atoms with van der Waals surface area (Å²) in [4.78, 5) is 29.6. The molecule has 3 heteroatoms. The topological polar surface area (TPSA) is 37.4 Å². The molecule has 5 rings (SSSR count). The zero-order valence-corrected chi connectivity index (χ0v) is 14.8. The number of fused-ring (bicyclic) bond motifs is 1. The van der Waals surface area contributed by atoms with Crippen LogP contribution < -0.4 is 0 Å². The van der Waals surface area contributed by atoms with Crippen LogP contribution in [0.5, 0.6) is 0 Å². The molecule has 0 aromatic heterocycles. The van der Waals surface area contributed by atoms with Crippen molar-refractivity contribution in [3.05, 3.63) is 23.8 Å². The summed E-state index contributed by atoms with van der Waals surface area (Å²) >= 11 is 0. The predicted octanol–water partition coefficient (Wildman–Crippen LogP) is 3.16. The summed E-state index contributed by atoms with van der Waals surface area (Å²) in [5.74, 6) is 1.68. The maximum Gasteiger partial charge on any atom is 0.160 e. The second-order valence-electron chi connectivity index (χ2n) is 9.10. The first kappa shape index (κ1) is 15.1. The lowest BCUT2D eigenvalue weighted by molar-refractivity contribution is -0.157. The second kappa shape index (κ2) is 4.49. The number of nitrogens with zero attached hydrogens (tertiary/aromatic N) is 1. The van der Waals surface area contributed by atoms with Gasteiger partial charge >= 0.3 is 0 Å². The van der Waals surface area contributed by atoms with Gasteiger partial charge in [0.05, 0.1) is 5.41 Å². The molecule has 0 N–H and O–H groups in total. The lowest BCUT2D eigenvalue weighted by Crippen LogP contribution is -2.65. The van der Waals surface area contributed by atoms with E-state index in [1.807, 2.05) is 6.08 Å². The molecule has 2 heterocycles. The van der Waals surface area contributed by atoms with Crippen molar-refractivity contribution in [1.29, 1.82) is 0 Å². The molecule has 24 heavy (non-hydrogen) atoms. The number of carbonyl (C=O) groups excluding carboxylic acids is 2. The molecule has 128 valence electrons. The molecule has 1 spiro atoms. The molecule has 2 saturated carbocycles. The Morgan fingerprint density at radius 3 is 2.79 bits per heavy atom. The molecule has 3 nitrogen and oxygen atoms in total. The molecule has 4 fully saturated rings. The number of hydrogen-bond acceptors (Lipinski definition) is 3. The van der Waals surface area contributed by atoms with E-state index in [2.05, 4.69) is 25.3 Å². The fourth-order valence-electron chi connectivity index (χ4n) is 7.47. The predicted molar refractivity (Wildman–Crippen MR) is 92.4 cm³/mol. The molecule has 6 atom stereocenters. The smallest absolute Gasteiger partial charge is 0.160 e. The van der Waals surface area contributed by atoms with Crippen molar-refractivity contribution in [2.45, 2.75) is 52.0 Å². The number of hydrogen-bond donors (Lipinski definition) is 0. The van der Waals surface area contributed by atoms with E-state index < -0.39 is 5.41 Å². The molecule has 0 aromatic rings. The Morgan fingerprint density at radius 1 is 1.25 bits per heavy atom. The monoisotopic (exact) mass is 325 g/mol. The first-order valence-electron chi connectivity index (χ1n) is 9.62. The molecule has 0 amide bonds. The number of allylic oxidation sites excluding steroid dienone is 3. The van der Waals surface area contributed by atoms with Gasteiger partial charge in [0.25, 0.3) is 0 Å². The van der Waals surface area contributed by atoms with Gasteiger partial charge in [0.15, 0.2) is 5.78 Å². The van der Waals surface area contributed by atoms with Crippen LogP contribution >= 0.6 is 0 Å². The summed E-state index contributed by atoms with van der Waals surface area (Å²) in [5.41, 5.74) is 1.37. The molecule has 2 bridgehead atoms.